The van der Waals surface area contributed by atoms with Crippen LogP contribution in [0.25, 0.3) is 0 Å². The van der Waals surface area contributed by atoms with E-state index in [1.807, 2.05) is 100 Å². The number of nitrogens with one attached hydrogen (secondary N) is 1. The molecule has 0 unspecified atom stereocenters. The highest BCUT2D eigenvalue weighted by Gasteiger charge is 2.31. The summed E-state index contributed by atoms with van der Waals surface area (Å²) in [5.41, 5.74) is 3.95. The summed E-state index contributed by atoms with van der Waals surface area (Å²) in [5.74, 6) is 0.278. The van der Waals surface area contributed by atoms with Crippen LogP contribution in [0.1, 0.15) is 42.5 Å². The number of rotatable bonds is 11. The summed E-state index contributed by atoms with van der Waals surface area (Å²) in [4.78, 5) is 28.9. The SMILES string of the molecule is CC[C@@H](C)NC(=O)[C@H](Cc1ccccc1)N(Cc1ccc(Br)cc1)C(=O)COc1cc(C)ccc1C. The number of hydrogen-bond donors (Lipinski definition) is 1. The maximum Gasteiger partial charge on any atom is 0.261 e. The first-order valence-corrected chi connectivity index (χ1v) is 13.1. The van der Waals surface area contributed by atoms with Gasteiger partial charge < -0.3 is 15.0 Å². The van der Waals surface area contributed by atoms with Crippen LogP contribution in [-0.4, -0.2) is 35.4 Å². The molecule has 2 amide bonds. The van der Waals surface area contributed by atoms with E-state index in [2.05, 4.69) is 21.2 Å². The smallest absolute Gasteiger partial charge is 0.261 e. The third kappa shape index (κ3) is 7.95. The minimum atomic E-state index is -0.681. The number of benzene rings is 3. The number of hydrogen-bond acceptors (Lipinski definition) is 3. The molecular formula is C30H35BrN2O3. The Morgan fingerprint density at radius 2 is 1.67 bits per heavy atom. The molecule has 5 nitrogen and oxygen atoms in total. The van der Waals surface area contributed by atoms with Gasteiger partial charge in [0.05, 0.1) is 0 Å². The van der Waals surface area contributed by atoms with Gasteiger partial charge in [-0.1, -0.05) is 77.5 Å². The van der Waals surface area contributed by atoms with Gasteiger partial charge in [0.15, 0.2) is 6.61 Å². The van der Waals surface area contributed by atoms with Crippen LogP contribution in [0.3, 0.4) is 0 Å². The fourth-order valence-corrected chi connectivity index (χ4v) is 4.13. The van der Waals surface area contributed by atoms with E-state index in [1.165, 1.54) is 0 Å². The summed E-state index contributed by atoms with van der Waals surface area (Å²) in [5, 5.41) is 3.09. The lowest BCUT2D eigenvalue weighted by Crippen LogP contribution is -2.53. The second kappa shape index (κ2) is 13.3. The normalized spacial score (nSPS) is 12.5. The molecule has 0 fully saturated rings. The van der Waals surface area contributed by atoms with Crippen molar-refractivity contribution in [2.45, 2.75) is 59.2 Å². The van der Waals surface area contributed by atoms with Gasteiger partial charge in [-0.3, -0.25) is 9.59 Å². The molecule has 0 spiro atoms. The highest BCUT2D eigenvalue weighted by molar-refractivity contribution is 9.10. The molecule has 6 heteroatoms. The van der Waals surface area contributed by atoms with Crippen LogP contribution in [0, 0.1) is 13.8 Å². The molecule has 0 aliphatic heterocycles. The monoisotopic (exact) mass is 550 g/mol. The zero-order valence-corrected chi connectivity index (χ0v) is 23.0. The molecule has 0 saturated heterocycles. The summed E-state index contributed by atoms with van der Waals surface area (Å²) in [6.07, 6.45) is 1.22. The molecule has 0 bridgehead atoms. The average Bonchev–Trinajstić information content (AvgIpc) is 2.88. The molecular weight excluding hydrogens is 516 g/mol. The number of amides is 2. The average molecular weight is 552 g/mol. The van der Waals surface area contributed by atoms with Crippen molar-refractivity contribution in [1.82, 2.24) is 10.2 Å². The van der Waals surface area contributed by atoms with E-state index in [9.17, 15) is 9.59 Å². The van der Waals surface area contributed by atoms with Crippen LogP contribution in [0.2, 0.25) is 0 Å². The number of carbonyl (C=O) groups excluding carboxylic acids is 2. The minimum absolute atomic E-state index is 0.00611. The summed E-state index contributed by atoms with van der Waals surface area (Å²) in [6, 6.07) is 22.9. The predicted octanol–water partition coefficient (Wildman–Crippen LogP) is 6.00. The summed E-state index contributed by atoms with van der Waals surface area (Å²) in [6.45, 7) is 8.10. The number of aryl methyl sites for hydroxylation is 2. The Kier molecular flexibility index (Phi) is 10.1. The fraction of sp³-hybridized carbons (Fsp3) is 0.333. The Balaban J connectivity index is 1.92. The van der Waals surface area contributed by atoms with E-state index < -0.39 is 6.04 Å². The lowest BCUT2D eigenvalue weighted by atomic mass is 10.0. The Morgan fingerprint density at radius 1 is 0.972 bits per heavy atom. The van der Waals surface area contributed by atoms with Gasteiger partial charge in [0.2, 0.25) is 5.91 Å². The predicted molar refractivity (Wildman–Crippen MR) is 148 cm³/mol. The van der Waals surface area contributed by atoms with Gasteiger partial charge in [-0.05, 0) is 67.6 Å². The Bertz CT molecular complexity index is 1150. The number of halogens is 1. The van der Waals surface area contributed by atoms with E-state index in [4.69, 9.17) is 4.74 Å². The number of nitrogens with zero attached hydrogens (tertiary/aromatic N) is 1. The van der Waals surface area contributed by atoms with E-state index in [0.29, 0.717) is 18.7 Å². The zero-order valence-electron chi connectivity index (χ0n) is 21.5. The van der Waals surface area contributed by atoms with Crippen LogP contribution in [0.15, 0.2) is 77.3 Å². The first kappa shape index (κ1) is 27.5. The summed E-state index contributed by atoms with van der Waals surface area (Å²) < 4.78 is 6.93. The fourth-order valence-electron chi connectivity index (χ4n) is 3.87. The summed E-state index contributed by atoms with van der Waals surface area (Å²) in [7, 11) is 0. The Hall–Kier alpha value is -3.12. The Labute approximate surface area is 223 Å². The van der Waals surface area contributed by atoms with Crippen LogP contribution >= 0.6 is 15.9 Å². The second-order valence-electron chi connectivity index (χ2n) is 9.23. The van der Waals surface area contributed by atoms with E-state index >= 15 is 0 Å². The molecule has 36 heavy (non-hydrogen) atoms. The number of ether oxygens (including phenoxy) is 1. The van der Waals surface area contributed by atoms with Gasteiger partial charge in [0, 0.05) is 23.5 Å². The third-order valence-electron chi connectivity index (χ3n) is 6.23. The van der Waals surface area contributed by atoms with Crippen molar-refractivity contribution in [2.24, 2.45) is 0 Å². The highest BCUT2D eigenvalue weighted by Crippen LogP contribution is 2.21. The van der Waals surface area contributed by atoms with E-state index in [-0.39, 0.29) is 24.5 Å². The van der Waals surface area contributed by atoms with Crippen LogP contribution in [0.5, 0.6) is 5.75 Å². The molecule has 2 atom stereocenters. The standard InChI is InChI=1S/C30H35BrN2O3/c1-5-23(4)32-30(35)27(18-24-9-7-6-8-10-24)33(19-25-13-15-26(31)16-14-25)29(34)20-36-28-17-21(2)11-12-22(28)3/h6-17,23,27H,5,18-20H2,1-4H3,(H,32,35)/t23-,27+/m1/s1. The Morgan fingerprint density at radius 3 is 2.33 bits per heavy atom. The van der Waals surface area contributed by atoms with Gasteiger partial charge in [0.25, 0.3) is 5.91 Å². The zero-order chi connectivity index (χ0) is 26.1. The quantitative estimate of drug-likeness (QED) is 0.318. The van der Waals surface area contributed by atoms with Crippen molar-refractivity contribution in [3.63, 3.8) is 0 Å². The number of carbonyl (C=O) groups is 2. The third-order valence-corrected chi connectivity index (χ3v) is 6.76. The first-order chi connectivity index (χ1) is 17.3. The molecule has 0 radical (unpaired) electrons. The molecule has 3 rings (SSSR count). The van der Waals surface area contributed by atoms with Crippen molar-refractivity contribution in [3.8, 4) is 5.75 Å². The molecule has 190 valence electrons. The molecule has 0 aromatic heterocycles. The van der Waals surface area contributed by atoms with Crippen LogP contribution < -0.4 is 10.1 Å². The van der Waals surface area contributed by atoms with Crippen molar-refractivity contribution >= 4 is 27.7 Å². The van der Waals surface area contributed by atoms with Crippen LogP contribution in [-0.2, 0) is 22.6 Å². The minimum Gasteiger partial charge on any atom is -0.483 e. The maximum absolute atomic E-state index is 13.7. The van der Waals surface area contributed by atoms with Crippen molar-refractivity contribution in [1.29, 1.82) is 0 Å². The first-order valence-electron chi connectivity index (χ1n) is 12.3. The molecule has 0 aliphatic carbocycles. The highest BCUT2D eigenvalue weighted by atomic mass is 79.9. The molecule has 0 saturated carbocycles. The van der Waals surface area contributed by atoms with Gasteiger partial charge in [0.1, 0.15) is 11.8 Å². The van der Waals surface area contributed by atoms with E-state index in [0.717, 1.165) is 33.1 Å². The van der Waals surface area contributed by atoms with Gasteiger partial charge in [-0.2, -0.15) is 0 Å². The van der Waals surface area contributed by atoms with Gasteiger partial charge >= 0.3 is 0 Å². The molecule has 0 heterocycles. The second-order valence-corrected chi connectivity index (χ2v) is 10.1. The molecule has 1 N–H and O–H groups in total. The lowest BCUT2D eigenvalue weighted by molar-refractivity contribution is -0.143. The molecule has 0 aliphatic rings. The van der Waals surface area contributed by atoms with Gasteiger partial charge in [-0.15, -0.1) is 0 Å². The topological polar surface area (TPSA) is 58.6 Å². The van der Waals surface area contributed by atoms with Crippen molar-refractivity contribution in [3.05, 3.63) is 99.5 Å². The molecule has 3 aromatic rings. The lowest BCUT2D eigenvalue weighted by Gasteiger charge is -2.32. The molecule has 3 aromatic carbocycles. The van der Waals surface area contributed by atoms with Crippen molar-refractivity contribution < 1.29 is 14.3 Å². The maximum atomic E-state index is 13.7. The van der Waals surface area contributed by atoms with Gasteiger partial charge in [-0.25, -0.2) is 0 Å². The van der Waals surface area contributed by atoms with E-state index in [1.54, 1.807) is 4.90 Å². The van der Waals surface area contributed by atoms with Crippen LogP contribution in [0.4, 0.5) is 0 Å². The van der Waals surface area contributed by atoms with Crippen molar-refractivity contribution in [2.75, 3.05) is 6.61 Å². The largest absolute Gasteiger partial charge is 0.483 e. The summed E-state index contributed by atoms with van der Waals surface area (Å²) >= 11 is 3.47.